The van der Waals surface area contributed by atoms with Crippen LogP contribution in [0.5, 0.6) is 0 Å². The number of sulfone groups is 1. The average molecular weight is 549 g/mol. The lowest BCUT2D eigenvalue weighted by molar-refractivity contribution is 0.193. The fourth-order valence-electron chi connectivity index (χ4n) is 4.97. The molecule has 0 aliphatic heterocycles. The van der Waals surface area contributed by atoms with E-state index in [1.54, 1.807) is 12.1 Å². The van der Waals surface area contributed by atoms with Crippen LogP contribution in [-0.2, 0) is 14.3 Å². The lowest BCUT2D eigenvalue weighted by Gasteiger charge is -2.44. The molecule has 0 aliphatic rings. The summed E-state index contributed by atoms with van der Waals surface area (Å²) in [7, 11) is -6.29. The zero-order chi connectivity index (χ0) is 27.2. The van der Waals surface area contributed by atoms with Gasteiger partial charge in [0.2, 0.25) is 9.84 Å². The molecule has 0 radical (unpaired) electrons. The fraction of sp³-hybridized carbons (Fsp3) is 0.345. The van der Waals surface area contributed by atoms with Crippen molar-refractivity contribution in [3.8, 4) is 5.69 Å². The predicted octanol–water partition coefficient (Wildman–Crippen LogP) is 4.57. The summed E-state index contributed by atoms with van der Waals surface area (Å²) in [5, 5.41) is 13.6. The normalized spacial score (nSPS) is 13.4. The highest BCUT2D eigenvalue weighted by molar-refractivity contribution is 7.91. The molecule has 0 N–H and O–H groups in total. The second kappa shape index (κ2) is 11.7. The van der Waals surface area contributed by atoms with E-state index in [1.165, 1.54) is 15.1 Å². The average Bonchev–Trinajstić information content (AvgIpc) is 3.42. The van der Waals surface area contributed by atoms with E-state index in [1.807, 2.05) is 30.3 Å². The Hall–Kier alpha value is -3.14. The van der Waals surface area contributed by atoms with Gasteiger partial charge >= 0.3 is 0 Å². The van der Waals surface area contributed by atoms with Gasteiger partial charge in [0.15, 0.2) is 0 Å². The second-order valence-corrected chi connectivity index (χ2v) is 16.9. The molecule has 4 aromatic rings. The van der Waals surface area contributed by atoms with E-state index >= 15 is 0 Å². The minimum Gasteiger partial charge on any atom is -0.405 e. The quantitative estimate of drug-likeness (QED) is 0.202. The van der Waals surface area contributed by atoms with E-state index < -0.39 is 18.2 Å². The molecule has 1 aromatic heterocycles. The number of aromatic nitrogens is 4. The molecule has 200 valence electrons. The SMILES string of the molecule is C[C@@H](CCCCS(=O)(=O)c1nnnn1-c1ccccc1)O[Si](c1ccccc1)(c1ccccc1)C(C)(C)C. The number of nitrogens with zero attached hydrogens (tertiary/aromatic N) is 4. The highest BCUT2D eigenvalue weighted by Gasteiger charge is 2.50. The van der Waals surface area contributed by atoms with Crippen molar-refractivity contribution < 1.29 is 12.8 Å². The Morgan fingerprint density at radius 1 is 0.842 bits per heavy atom. The summed E-state index contributed by atoms with van der Waals surface area (Å²) in [5.41, 5.74) is 0.614. The smallest absolute Gasteiger partial charge is 0.272 e. The van der Waals surface area contributed by atoms with Gasteiger partial charge in [-0.3, -0.25) is 0 Å². The molecule has 0 aliphatic carbocycles. The summed E-state index contributed by atoms with van der Waals surface area (Å²) in [4.78, 5) is 0. The van der Waals surface area contributed by atoms with Gasteiger partial charge in [-0.05, 0) is 64.2 Å². The number of hydrogen-bond acceptors (Lipinski definition) is 6. The third kappa shape index (κ3) is 5.95. The van der Waals surface area contributed by atoms with Gasteiger partial charge < -0.3 is 4.43 Å². The van der Waals surface area contributed by atoms with Crippen molar-refractivity contribution in [2.24, 2.45) is 0 Å². The molecule has 0 fully saturated rings. The molecule has 0 amide bonds. The zero-order valence-corrected chi connectivity index (χ0v) is 24.3. The summed E-state index contributed by atoms with van der Waals surface area (Å²) in [6.45, 7) is 8.88. The summed E-state index contributed by atoms with van der Waals surface area (Å²) < 4.78 is 34.5. The van der Waals surface area contributed by atoms with Crippen molar-refractivity contribution >= 4 is 28.5 Å². The summed E-state index contributed by atoms with van der Waals surface area (Å²) in [5.74, 6) is -0.0217. The fourth-order valence-corrected chi connectivity index (χ4v) is 11.0. The Morgan fingerprint density at radius 2 is 1.37 bits per heavy atom. The standard InChI is InChI=1S/C29H36N4O3SSi/c1-24(16-14-15-23-37(34,35)28-30-31-32-33(28)25-17-8-5-9-18-25)36-38(29(2,3)4,26-19-10-6-11-20-26)27-21-12-7-13-22-27/h5-13,17-22,24H,14-16,23H2,1-4H3/t24-/m0/s1. The van der Waals surface area contributed by atoms with Crippen LogP contribution in [0, 0.1) is 0 Å². The van der Waals surface area contributed by atoms with E-state index in [2.05, 4.69) is 91.8 Å². The van der Waals surface area contributed by atoms with Crippen molar-refractivity contribution in [3.05, 3.63) is 91.0 Å². The Morgan fingerprint density at radius 3 is 1.89 bits per heavy atom. The highest BCUT2D eigenvalue weighted by Crippen LogP contribution is 2.38. The molecule has 38 heavy (non-hydrogen) atoms. The molecular weight excluding hydrogens is 512 g/mol. The second-order valence-electron chi connectivity index (χ2n) is 10.6. The van der Waals surface area contributed by atoms with E-state index in [-0.39, 0.29) is 22.1 Å². The van der Waals surface area contributed by atoms with Crippen LogP contribution in [-0.4, -0.2) is 48.8 Å². The Bertz CT molecular complexity index is 1370. The Labute approximate surface area is 226 Å². The van der Waals surface area contributed by atoms with Crippen LogP contribution in [0.4, 0.5) is 0 Å². The van der Waals surface area contributed by atoms with Gasteiger partial charge in [-0.1, -0.05) is 105 Å². The van der Waals surface area contributed by atoms with Crippen LogP contribution in [0.3, 0.4) is 0 Å². The molecule has 0 saturated heterocycles. The third-order valence-corrected chi connectivity index (χ3v) is 13.6. The number of tetrazole rings is 1. The first-order valence-corrected chi connectivity index (χ1v) is 16.6. The number of hydrogen-bond donors (Lipinski definition) is 0. The molecule has 1 heterocycles. The summed E-state index contributed by atoms with van der Waals surface area (Å²) >= 11 is 0. The number of unbranched alkanes of at least 4 members (excludes halogenated alkanes) is 1. The van der Waals surface area contributed by atoms with Gasteiger partial charge in [-0.15, -0.1) is 0 Å². The third-order valence-electron chi connectivity index (χ3n) is 6.79. The van der Waals surface area contributed by atoms with Gasteiger partial charge in [-0.2, -0.15) is 4.68 Å². The number of rotatable bonds is 11. The molecule has 3 aromatic carbocycles. The molecule has 7 nitrogen and oxygen atoms in total. The van der Waals surface area contributed by atoms with Gasteiger partial charge in [0.05, 0.1) is 11.4 Å². The van der Waals surface area contributed by atoms with Crippen molar-refractivity contribution in [1.29, 1.82) is 0 Å². The zero-order valence-electron chi connectivity index (χ0n) is 22.5. The van der Waals surface area contributed by atoms with Crippen LogP contribution >= 0.6 is 0 Å². The lowest BCUT2D eigenvalue weighted by Crippen LogP contribution is -2.67. The van der Waals surface area contributed by atoms with Crippen molar-refractivity contribution in [2.45, 2.75) is 63.3 Å². The first-order chi connectivity index (χ1) is 18.1. The van der Waals surface area contributed by atoms with Crippen LogP contribution in [0.25, 0.3) is 5.69 Å². The topological polar surface area (TPSA) is 87.0 Å². The van der Waals surface area contributed by atoms with Crippen molar-refractivity contribution in [2.75, 3.05) is 5.75 Å². The summed E-state index contributed by atoms with van der Waals surface area (Å²) in [6.07, 6.45) is 1.92. The maximum absolute atomic E-state index is 13.1. The van der Waals surface area contributed by atoms with Crippen molar-refractivity contribution in [1.82, 2.24) is 20.2 Å². The van der Waals surface area contributed by atoms with E-state index in [9.17, 15) is 8.42 Å². The van der Waals surface area contributed by atoms with Crippen LogP contribution in [0.1, 0.15) is 47.0 Å². The lowest BCUT2D eigenvalue weighted by atomic mass is 10.2. The molecule has 9 heteroatoms. The molecule has 0 bridgehead atoms. The van der Waals surface area contributed by atoms with E-state index in [0.717, 1.165) is 6.42 Å². The van der Waals surface area contributed by atoms with Gasteiger partial charge in [-0.25, -0.2) is 8.42 Å². The van der Waals surface area contributed by atoms with Crippen molar-refractivity contribution in [3.63, 3.8) is 0 Å². The molecule has 1 atom stereocenters. The monoisotopic (exact) mass is 548 g/mol. The van der Waals surface area contributed by atoms with Gasteiger partial charge in [0, 0.05) is 6.10 Å². The Kier molecular flexibility index (Phi) is 8.60. The molecule has 0 unspecified atom stereocenters. The van der Waals surface area contributed by atoms with Crippen LogP contribution in [0.15, 0.2) is 96.2 Å². The van der Waals surface area contributed by atoms with Gasteiger partial charge in [0.25, 0.3) is 13.5 Å². The first-order valence-electron chi connectivity index (χ1n) is 13.0. The predicted molar refractivity (Wildman–Crippen MR) is 153 cm³/mol. The summed E-state index contributed by atoms with van der Waals surface area (Å²) in [6, 6.07) is 30.2. The molecular formula is C29H36N4O3SSi. The van der Waals surface area contributed by atoms with E-state index in [0.29, 0.717) is 18.5 Å². The Balaban J connectivity index is 1.46. The molecule has 0 spiro atoms. The largest absolute Gasteiger partial charge is 0.405 e. The number of benzene rings is 3. The molecule has 4 rings (SSSR count). The minimum absolute atomic E-state index is 0.0217. The molecule has 0 saturated carbocycles. The van der Waals surface area contributed by atoms with Crippen LogP contribution in [0.2, 0.25) is 5.04 Å². The van der Waals surface area contributed by atoms with Gasteiger partial charge in [0.1, 0.15) is 0 Å². The first kappa shape index (κ1) is 27.9. The maximum Gasteiger partial charge on any atom is 0.272 e. The van der Waals surface area contributed by atoms with E-state index in [4.69, 9.17) is 4.43 Å². The maximum atomic E-state index is 13.1. The minimum atomic E-state index is -3.64. The van der Waals surface area contributed by atoms with Crippen LogP contribution < -0.4 is 10.4 Å². The number of para-hydroxylation sites is 1. The highest BCUT2D eigenvalue weighted by atomic mass is 32.2.